The number of allylic oxidation sites excluding steroid dienone is 2. The quantitative estimate of drug-likeness (QED) is 0.726. The highest BCUT2D eigenvalue weighted by Crippen LogP contribution is 2.66. The predicted octanol–water partition coefficient (Wildman–Crippen LogP) is 4.56. The molecular formula is C23H34O4. The first-order chi connectivity index (χ1) is 13.0. The Morgan fingerprint density at radius 1 is 0.963 bits per heavy atom. The van der Waals surface area contributed by atoms with Crippen LogP contribution in [0.25, 0.3) is 0 Å². The summed E-state index contributed by atoms with van der Waals surface area (Å²) in [7, 11) is 0. The molecule has 0 amide bonds. The van der Waals surface area contributed by atoms with E-state index in [1.807, 2.05) is 6.92 Å². The Hall–Kier alpha value is -0.710. The van der Waals surface area contributed by atoms with Gasteiger partial charge in [-0.05, 0) is 75.7 Å². The summed E-state index contributed by atoms with van der Waals surface area (Å²) in [5, 5.41) is 0. The van der Waals surface area contributed by atoms with E-state index in [9.17, 15) is 4.79 Å². The Morgan fingerprint density at radius 2 is 1.78 bits per heavy atom. The number of ether oxygens (including phenoxy) is 3. The van der Waals surface area contributed by atoms with E-state index in [1.165, 1.54) is 37.7 Å². The molecular weight excluding hydrogens is 340 g/mol. The molecule has 1 spiro atoms. The van der Waals surface area contributed by atoms with Crippen LogP contribution < -0.4 is 0 Å². The molecule has 0 N–H and O–H groups in total. The van der Waals surface area contributed by atoms with Crippen LogP contribution in [-0.2, 0) is 19.0 Å². The zero-order valence-corrected chi connectivity index (χ0v) is 17.0. The van der Waals surface area contributed by atoms with Crippen molar-refractivity contribution < 1.29 is 19.0 Å². The molecule has 4 nitrogen and oxygen atoms in total. The van der Waals surface area contributed by atoms with Gasteiger partial charge in [0.25, 0.3) is 0 Å². The number of hydrogen-bond acceptors (Lipinski definition) is 4. The summed E-state index contributed by atoms with van der Waals surface area (Å²) in [5.41, 5.74) is 3.05. The first-order valence-corrected chi connectivity index (χ1v) is 11.1. The van der Waals surface area contributed by atoms with Gasteiger partial charge in [-0.1, -0.05) is 12.5 Å². The lowest BCUT2D eigenvalue weighted by Crippen LogP contribution is -2.49. The molecule has 150 valence electrons. The van der Waals surface area contributed by atoms with Crippen LogP contribution in [0.4, 0.5) is 0 Å². The van der Waals surface area contributed by atoms with Crippen molar-refractivity contribution in [3.8, 4) is 0 Å². The van der Waals surface area contributed by atoms with E-state index in [4.69, 9.17) is 14.2 Å². The van der Waals surface area contributed by atoms with Gasteiger partial charge < -0.3 is 14.2 Å². The lowest BCUT2D eigenvalue weighted by atomic mass is 9.55. The first kappa shape index (κ1) is 18.3. The number of carbonyl (C=O) groups is 1. The van der Waals surface area contributed by atoms with Gasteiger partial charge in [0.2, 0.25) is 0 Å². The SMILES string of the molecule is CC1(CCC2=C3CC[C@]4(C)C(CCC45CCCO5)C3CCC2=O)OCCO1. The fourth-order valence-electron chi connectivity index (χ4n) is 7.28. The summed E-state index contributed by atoms with van der Waals surface area (Å²) in [4.78, 5) is 12.8. The molecule has 5 rings (SSSR count). The van der Waals surface area contributed by atoms with Crippen molar-refractivity contribution in [1.29, 1.82) is 0 Å². The Kier molecular flexibility index (Phi) is 4.34. The predicted molar refractivity (Wildman–Crippen MR) is 102 cm³/mol. The van der Waals surface area contributed by atoms with E-state index in [2.05, 4.69) is 6.92 Å². The Morgan fingerprint density at radius 3 is 2.52 bits per heavy atom. The molecule has 3 aliphatic carbocycles. The lowest BCUT2D eigenvalue weighted by Gasteiger charge is -2.51. The van der Waals surface area contributed by atoms with Crippen molar-refractivity contribution in [2.75, 3.05) is 19.8 Å². The van der Waals surface area contributed by atoms with Gasteiger partial charge >= 0.3 is 0 Å². The second kappa shape index (κ2) is 6.40. The summed E-state index contributed by atoms with van der Waals surface area (Å²) < 4.78 is 18.0. The zero-order valence-electron chi connectivity index (χ0n) is 17.0. The molecule has 0 radical (unpaired) electrons. The van der Waals surface area contributed by atoms with Crippen molar-refractivity contribution in [3.63, 3.8) is 0 Å². The van der Waals surface area contributed by atoms with E-state index in [0.29, 0.717) is 36.2 Å². The molecule has 2 saturated carbocycles. The maximum absolute atomic E-state index is 12.8. The van der Waals surface area contributed by atoms with Crippen molar-refractivity contribution in [3.05, 3.63) is 11.1 Å². The minimum absolute atomic E-state index is 0.129. The normalized spacial score (nSPS) is 43.4. The second-order valence-electron chi connectivity index (χ2n) is 9.91. The number of carbonyl (C=O) groups excluding carboxylic acids is 1. The van der Waals surface area contributed by atoms with Gasteiger partial charge in [0, 0.05) is 24.9 Å². The number of Topliss-reactive ketones (excluding diaryl/α,β-unsaturated/α-hetero) is 1. The zero-order chi connectivity index (χ0) is 18.7. The highest BCUT2D eigenvalue weighted by molar-refractivity contribution is 5.97. The molecule has 0 aromatic rings. The molecule has 27 heavy (non-hydrogen) atoms. The number of hydrogen-bond donors (Lipinski definition) is 0. The maximum atomic E-state index is 12.8. The molecule has 3 unspecified atom stereocenters. The van der Waals surface area contributed by atoms with Gasteiger partial charge in [-0.3, -0.25) is 4.79 Å². The fraction of sp³-hybridized carbons (Fsp3) is 0.870. The van der Waals surface area contributed by atoms with Gasteiger partial charge in [0.1, 0.15) is 0 Å². The van der Waals surface area contributed by atoms with E-state index >= 15 is 0 Å². The summed E-state index contributed by atoms with van der Waals surface area (Å²) >= 11 is 0. The van der Waals surface area contributed by atoms with Crippen LogP contribution in [0.15, 0.2) is 11.1 Å². The van der Waals surface area contributed by atoms with Gasteiger partial charge in [0.05, 0.1) is 18.8 Å². The van der Waals surface area contributed by atoms with Crippen LogP contribution in [0.2, 0.25) is 0 Å². The highest BCUT2D eigenvalue weighted by atomic mass is 16.7. The molecule has 0 aromatic heterocycles. The molecule has 2 saturated heterocycles. The van der Waals surface area contributed by atoms with Crippen LogP contribution in [0.5, 0.6) is 0 Å². The number of fused-ring (bicyclic) bond motifs is 4. The third kappa shape index (κ3) is 2.70. The summed E-state index contributed by atoms with van der Waals surface area (Å²) in [6.07, 6.45) is 10.6. The highest BCUT2D eigenvalue weighted by Gasteiger charge is 2.62. The van der Waals surface area contributed by atoms with Gasteiger partial charge in [-0.2, -0.15) is 0 Å². The van der Waals surface area contributed by atoms with Crippen LogP contribution in [0.3, 0.4) is 0 Å². The van der Waals surface area contributed by atoms with Crippen LogP contribution >= 0.6 is 0 Å². The van der Waals surface area contributed by atoms with Crippen molar-refractivity contribution in [2.24, 2.45) is 17.3 Å². The van der Waals surface area contributed by atoms with Crippen molar-refractivity contribution in [2.45, 2.75) is 89.4 Å². The third-order valence-electron chi connectivity index (χ3n) is 8.80. The van der Waals surface area contributed by atoms with Gasteiger partial charge in [0.15, 0.2) is 11.6 Å². The van der Waals surface area contributed by atoms with E-state index < -0.39 is 5.79 Å². The Labute approximate surface area is 163 Å². The van der Waals surface area contributed by atoms with Crippen molar-refractivity contribution >= 4 is 5.78 Å². The minimum Gasteiger partial charge on any atom is -0.374 e. The summed E-state index contributed by atoms with van der Waals surface area (Å²) in [6, 6.07) is 0. The molecule has 4 fully saturated rings. The molecule has 5 aliphatic rings. The first-order valence-electron chi connectivity index (χ1n) is 11.1. The van der Waals surface area contributed by atoms with Gasteiger partial charge in [-0.15, -0.1) is 0 Å². The number of rotatable bonds is 3. The molecule has 0 aromatic carbocycles. The minimum atomic E-state index is -0.501. The second-order valence-corrected chi connectivity index (χ2v) is 9.91. The number of ketones is 1. The molecule has 0 bridgehead atoms. The molecule has 2 heterocycles. The smallest absolute Gasteiger partial charge is 0.166 e. The monoisotopic (exact) mass is 374 g/mol. The van der Waals surface area contributed by atoms with Crippen LogP contribution in [0.1, 0.15) is 78.1 Å². The largest absolute Gasteiger partial charge is 0.374 e. The van der Waals surface area contributed by atoms with Gasteiger partial charge in [-0.25, -0.2) is 0 Å². The lowest BCUT2D eigenvalue weighted by molar-refractivity contribution is -0.146. The average Bonchev–Trinajstić information content (AvgIpc) is 3.36. The van der Waals surface area contributed by atoms with Crippen LogP contribution in [-0.4, -0.2) is 37.0 Å². The Bertz CT molecular complexity index is 653. The standard InChI is InChI=1S/C23H34O4/c1-21-10-6-16-17(19(21)8-12-23(21)9-3-13-27-23)4-5-20(24)18(16)7-11-22(2)25-14-15-26-22/h17,19H,3-15H2,1-2H3/t17?,19?,21-,23?/m1/s1. The van der Waals surface area contributed by atoms with Crippen molar-refractivity contribution in [1.82, 2.24) is 0 Å². The molecule has 4 heteroatoms. The fourth-order valence-corrected chi connectivity index (χ4v) is 7.28. The molecule has 2 aliphatic heterocycles. The van der Waals surface area contributed by atoms with E-state index in [0.717, 1.165) is 44.3 Å². The van der Waals surface area contributed by atoms with E-state index in [-0.39, 0.29) is 5.60 Å². The topological polar surface area (TPSA) is 44.8 Å². The average molecular weight is 375 g/mol. The summed E-state index contributed by atoms with van der Waals surface area (Å²) in [6.45, 7) is 6.80. The molecule has 4 atom stereocenters. The van der Waals surface area contributed by atoms with Crippen LogP contribution in [0, 0.1) is 17.3 Å². The summed E-state index contributed by atoms with van der Waals surface area (Å²) in [5.74, 6) is 1.17. The van der Waals surface area contributed by atoms with E-state index in [1.54, 1.807) is 0 Å². The maximum Gasteiger partial charge on any atom is 0.166 e. The third-order valence-corrected chi connectivity index (χ3v) is 8.80. The Balaban J connectivity index is 1.41.